The molecule has 0 spiro atoms. The number of furan rings is 1. The molecule has 0 unspecified atom stereocenters. The molecule has 94 valence electrons. The van der Waals surface area contributed by atoms with E-state index >= 15 is 0 Å². The fourth-order valence-corrected chi connectivity index (χ4v) is 1.89. The summed E-state index contributed by atoms with van der Waals surface area (Å²) in [4.78, 5) is 18.9. The Bertz CT molecular complexity index is 757. The minimum atomic E-state index is -0.196. The van der Waals surface area contributed by atoms with E-state index in [-0.39, 0.29) is 5.56 Å². The van der Waals surface area contributed by atoms with E-state index in [9.17, 15) is 4.79 Å². The van der Waals surface area contributed by atoms with Gasteiger partial charge in [0.25, 0.3) is 5.56 Å². The summed E-state index contributed by atoms with van der Waals surface area (Å²) < 4.78 is 5.48. The van der Waals surface area contributed by atoms with E-state index in [2.05, 4.69) is 9.97 Å². The maximum atomic E-state index is 11.7. The molecule has 3 aromatic rings. The van der Waals surface area contributed by atoms with Gasteiger partial charge in [-0.2, -0.15) is 0 Å². The number of rotatable bonds is 2. The zero-order valence-corrected chi connectivity index (χ0v) is 10.4. The fraction of sp³-hybridized carbons (Fsp3) is 0.0667. The Hall–Kier alpha value is -2.62. The normalized spacial score (nSPS) is 10.6. The van der Waals surface area contributed by atoms with Gasteiger partial charge >= 0.3 is 0 Å². The van der Waals surface area contributed by atoms with E-state index in [1.807, 2.05) is 43.3 Å². The zero-order chi connectivity index (χ0) is 13.2. The van der Waals surface area contributed by atoms with Gasteiger partial charge in [0.2, 0.25) is 0 Å². The Balaban J connectivity index is 2.14. The van der Waals surface area contributed by atoms with Gasteiger partial charge in [0.1, 0.15) is 5.76 Å². The molecule has 0 aliphatic rings. The molecule has 4 heteroatoms. The molecule has 0 atom stereocenters. The molecule has 0 aliphatic carbocycles. The Morgan fingerprint density at radius 3 is 2.58 bits per heavy atom. The molecule has 2 heterocycles. The molecular weight excluding hydrogens is 240 g/mol. The van der Waals surface area contributed by atoms with Crippen LogP contribution in [0.4, 0.5) is 0 Å². The third-order valence-corrected chi connectivity index (χ3v) is 2.78. The number of benzene rings is 1. The Morgan fingerprint density at radius 1 is 1.11 bits per heavy atom. The van der Waals surface area contributed by atoms with Crippen LogP contribution in [0.15, 0.2) is 57.7 Å². The van der Waals surface area contributed by atoms with Gasteiger partial charge in [0, 0.05) is 11.6 Å². The summed E-state index contributed by atoms with van der Waals surface area (Å²) in [6, 6.07) is 14.7. The third-order valence-electron chi connectivity index (χ3n) is 2.78. The van der Waals surface area contributed by atoms with Gasteiger partial charge in [-0.15, -0.1) is 0 Å². The number of aromatic amines is 1. The number of aryl methyl sites for hydroxylation is 1. The van der Waals surface area contributed by atoms with Crippen molar-refractivity contribution in [2.45, 2.75) is 6.92 Å². The van der Waals surface area contributed by atoms with E-state index in [0.717, 1.165) is 11.3 Å². The number of aromatic nitrogens is 2. The number of H-pyrrole nitrogens is 1. The summed E-state index contributed by atoms with van der Waals surface area (Å²) >= 11 is 0. The highest BCUT2D eigenvalue weighted by Gasteiger charge is 2.08. The van der Waals surface area contributed by atoms with Crippen molar-refractivity contribution in [1.29, 1.82) is 0 Å². The topological polar surface area (TPSA) is 58.9 Å². The van der Waals surface area contributed by atoms with Crippen LogP contribution in [0.3, 0.4) is 0 Å². The van der Waals surface area contributed by atoms with Crippen molar-refractivity contribution in [3.8, 4) is 22.8 Å². The number of nitrogens with zero attached hydrogens (tertiary/aromatic N) is 1. The van der Waals surface area contributed by atoms with Crippen LogP contribution in [0.2, 0.25) is 0 Å². The second-order valence-corrected chi connectivity index (χ2v) is 4.26. The number of hydrogen-bond donors (Lipinski definition) is 1. The van der Waals surface area contributed by atoms with E-state index in [1.54, 1.807) is 6.07 Å². The summed E-state index contributed by atoms with van der Waals surface area (Å²) in [5.41, 5.74) is 1.34. The molecule has 1 N–H and O–H groups in total. The van der Waals surface area contributed by atoms with Gasteiger partial charge in [-0.25, -0.2) is 4.98 Å². The highest BCUT2D eigenvalue weighted by Crippen LogP contribution is 2.20. The first kappa shape index (κ1) is 11.5. The van der Waals surface area contributed by atoms with Crippen LogP contribution >= 0.6 is 0 Å². The lowest BCUT2D eigenvalue weighted by atomic mass is 10.1. The predicted octanol–water partition coefficient (Wildman–Crippen LogP) is 3.01. The zero-order valence-electron chi connectivity index (χ0n) is 10.4. The Labute approximate surface area is 109 Å². The smallest absolute Gasteiger partial charge is 0.251 e. The van der Waals surface area contributed by atoms with E-state index in [1.165, 1.54) is 6.07 Å². The molecule has 0 aliphatic heterocycles. The van der Waals surface area contributed by atoms with Crippen LogP contribution in [-0.4, -0.2) is 9.97 Å². The van der Waals surface area contributed by atoms with E-state index in [4.69, 9.17) is 4.42 Å². The largest absolute Gasteiger partial charge is 0.458 e. The van der Waals surface area contributed by atoms with Crippen molar-refractivity contribution in [2.24, 2.45) is 0 Å². The van der Waals surface area contributed by atoms with Gasteiger partial charge < -0.3 is 9.40 Å². The van der Waals surface area contributed by atoms with E-state index < -0.39 is 0 Å². The van der Waals surface area contributed by atoms with Crippen LogP contribution in [0.1, 0.15) is 5.76 Å². The summed E-state index contributed by atoms with van der Waals surface area (Å²) in [7, 11) is 0. The van der Waals surface area contributed by atoms with Crippen molar-refractivity contribution >= 4 is 0 Å². The minimum absolute atomic E-state index is 0.196. The molecule has 0 saturated heterocycles. The Morgan fingerprint density at radius 2 is 1.89 bits per heavy atom. The SMILES string of the molecule is Cc1ccc(-c2nc(-c3ccccc3)cc(=O)[nH]2)o1. The summed E-state index contributed by atoms with van der Waals surface area (Å²) in [5, 5.41) is 0. The van der Waals surface area contributed by atoms with Crippen molar-refractivity contribution in [1.82, 2.24) is 9.97 Å². The standard InChI is InChI=1S/C15H12N2O2/c1-10-7-8-13(19-10)15-16-12(9-14(18)17-15)11-5-3-2-4-6-11/h2-9H,1H3,(H,16,17,18). The van der Waals surface area contributed by atoms with Gasteiger partial charge in [-0.05, 0) is 19.1 Å². The van der Waals surface area contributed by atoms with Gasteiger partial charge in [0.15, 0.2) is 11.6 Å². The molecule has 1 aromatic carbocycles. The van der Waals surface area contributed by atoms with Crippen LogP contribution in [0, 0.1) is 6.92 Å². The summed E-state index contributed by atoms with van der Waals surface area (Å²) in [6.45, 7) is 1.85. The minimum Gasteiger partial charge on any atom is -0.458 e. The highest BCUT2D eigenvalue weighted by atomic mass is 16.3. The first-order valence-corrected chi connectivity index (χ1v) is 5.96. The molecule has 19 heavy (non-hydrogen) atoms. The van der Waals surface area contributed by atoms with Crippen molar-refractivity contribution in [2.75, 3.05) is 0 Å². The van der Waals surface area contributed by atoms with Gasteiger partial charge in [-0.3, -0.25) is 4.79 Å². The average molecular weight is 252 g/mol. The molecule has 4 nitrogen and oxygen atoms in total. The first-order chi connectivity index (χ1) is 9.22. The summed E-state index contributed by atoms with van der Waals surface area (Å²) in [6.07, 6.45) is 0. The van der Waals surface area contributed by atoms with Crippen molar-refractivity contribution < 1.29 is 4.42 Å². The molecule has 3 rings (SSSR count). The molecule has 0 amide bonds. The van der Waals surface area contributed by atoms with Crippen LogP contribution < -0.4 is 5.56 Å². The van der Waals surface area contributed by atoms with Crippen LogP contribution in [0.25, 0.3) is 22.8 Å². The number of nitrogens with one attached hydrogen (secondary N) is 1. The lowest BCUT2D eigenvalue weighted by Gasteiger charge is -2.02. The maximum Gasteiger partial charge on any atom is 0.251 e. The summed E-state index contributed by atoms with van der Waals surface area (Å²) in [5.74, 6) is 1.79. The maximum absolute atomic E-state index is 11.7. The van der Waals surface area contributed by atoms with Crippen molar-refractivity contribution in [3.63, 3.8) is 0 Å². The lowest BCUT2D eigenvalue weighted by Crippen LogP contribution is -2.08. The number of hydrogen-bond acceptors (Lipinski definition) is 3. The molecular formula is C15H12N2O2. The van der Waals surface area contributed by atoms with Gasteiger partial charge in [0.05, 0.1) is 5.69 Å². The quantitative estimate of drug-likeness (QED) is 0.762. The molecule has 0 saturated carbocycles. The average Bonchev–Trinajstić information content (AvgIpc) is 2.86. The predicted molar refractivity (Wildman–Crippen MR) is 72.7 cm³/mol. The molecule has 0 bridgehead atoms. The first-order valence-electron chi connectivity index (χ1n) is 5.96. The molecule has 2 aromatic heterocycles. The second-order valence-electron chi connectivity index (χ2n) is 4.26. The lowest BCUT2D eigenvalue weighted by molar-refractivity contribution is 0.544. The van der Waals surface area contributed by atoms with E-state index in [0.29, 0.717) is 17.3 Å². The molecule has 0 fully saturated rings. The monoisotopic (exact) mass is 252 g/mol. The highest BCUT2D eigenvalue weighted by molar-refractivity contribution is 5.61. The van der Waals surface area contributed by atoms with Crippen molar-refractivity contribution in [3.05, 3.63) is 64.6 Å². The third kappa shape index (κ3) is 2.33. The van der Waals surface area contributed by atoms with Gasteiger partial charge in [-0.1, -0.05) is 30.3 Å². The van der Waals surface area contributed by atoms with Crippen LogP contribution in [-0.2, 0) is 0 Å². The second kappa shape index (κ2) is 4.57. The molecule has 0 radical (unpaired) electrons. The van der Waals surface area contributed by atoms with Crippen LogP contribution in [0.5, 0.6) is 0 Å². The Kier molecular flexibility index (Phi) is 2.76. The fourth-order valence-electron chi connectivity index (χ4n) is 1.89.